The zero-order valence-electron chi connectivity index (χ0n) is 13.0. The zero-order valence-corrected chi connectivity index (χ0v) is 13.0. The van der Waals surface area contributed by atoms with Crippen LogP contribution in [0.3, 0.4) is 0 Å². The minimum atomic E-state index is -0.378. The first kappa shape index (κ1) is 15.2. The maximum absolute atomic E-state index is 12.7. The Labute approximate surface area is 134 Å². The van der Waals surface area contributed by atoms with Crippen LogP contribution < -0.4 is 5.32 Å². The van der Waals surface area contributed by atoms with Gasteiger partial charge in [0.05, 0.1) is 5.69 Å². The van der Waals surface area contributed by atoms with E-state index in [0.29, 0.717) is 18.5 Å². The molecule has 2 amide bonds. The Morgan fingerprint density at radius 1 is 1.22 bits per heavy atom. The molecule has 7 nitrogen and oxygen atoms in total. The molecule has 1 atom stereocenters. The van der Waals surface area contributed by atoms with Crippen LogP contribution in [0.4, 0.5) is 0 Å². The Kier molecular flexibility index (Phi) is 4.36. The molecule has 0 saturated carbocycles. The number of hydrogen-bond donors (Lipinski definition) is 1. The maximum Gasteiger partial charge on any atom is 0.254 e. The van der Waals surface area contributed by atoms with Crippen molar-refractivity contribution in [3.63, 3.8) is 0 Å². The molecule has 1 fully saturated rings. The SMILES string of the molecule is CNC(=O)[C@@H]1CCCCN1C(=O)c1ccc(-n2cncn2)cc1. The second-order valence-electron chi connectivity index (χ2n) is 5.51. The van der Waals surface area contributed by atoms with Gasteiger partial charge in [0.2, 0.25) is 5.91 Å². The number of rotatable bonds is 3. The molecule has 0 radical (unpaired) electrons. The van der Waals surface area contributed by atoms with Crippen molar-refractivity contribution in [3.8, 4) is 5.69 Å². The topological polar surface area (TPSA) is 80.1 Å². The summed E-state index contributed by atoms with van der Waals surface area (Å²) < 4.78 is 1.63. The molecule has 2 heterocycles. The van der Waals surface area contributed by atoms with E-state index in [1.54, 1.807) is 35.1 Å². The van der Waals surface area contributed by atoms with E-state index in [2.05, 4.69) is 15.4 Å². The average Bonchev–Trinajstić information content (AvgIpc) is 3.15. The quantitative estimate of drug-likeness (QED) is 0.917. The van der Waals surface area contributed by atoms with Crippen LogP contribution in [0.25, 0.3) is 5.69 Å². The number of benzene rings is 1. The number of amides is 2. The molecule has 3 rings (SSSR count). The first-order valence-electron chi connectivity index (χ1n) is 7.68. The van der Waals surface area contributed by atoms with Gasteiger partial charge >= 0.3 is 0 Å². The van der Waals surface area contributed by atoms with E-state index in [9.17, 15) is 9.59 Å². The number of carbonyl (C=O) groups excluding carboxylic acids is 2. The maximum atomic E-state index is 12.7. The fourth-order valence-electron chi connectivity index (χ4n) is 2.88. The highest BCUT2D eigenvalue weighted by molar-refractivity contribution is 5.97. The van der Waals surface area contributed by atoms with Gasteiger partial charge in [0.15, 0.2) is 0 Å². The molecule has 1 aliphatic rings. The van der Waals surface area contributed by atoms with Crippen LogP contribution in [0.1, 0.15) is 29.6 Å². The van der Waals surface area contributed by atoms with E-state index in [1.165, 1.54) is 6.33 Å². The van der Waals surface area contributed by atoms with Gasteiger partial charge in [-0.25, -0.2) is 9.67 Å². The van der Waals surface area contributed by atoms with Gasteiger partial charge in [-0.15, -0.1) is 0 Å². The number of hydrogen-bond acceptors (Lipinski definition) is 4. The van der Waals surface area contributed by atoms with Crippen molar-refractivity contribution < 1.29 is 9.59 Å². The molecule has 0 bridgehead atoms. The van der Waals surface area contributed by atoms with E-state index in [0.717, 1.165) is 18.5 Å². The Morgan fingerprint density at radius 2 is 2.00 bits per heavy atom. The molecule has 0 unspecified atom stereocenters. The van der Waals surface area contributed by atoms with Gasteiger partial charge in [-0.1, -0.05) is 0 Å². The van der Waals surface area contributed by atoms with E-state index in [1.807, 2.05) is 12.1 Å². The molecule has 7 heteroatoms. The Hall–Kier alpha value is -2.70. The van der Waals surface area contributed by atoms with E-state index in [-0.39, 0.29) is 17.9 Å². The number of piperidine rings is 1. The second-order valence-corrected chi connectivity index (χ2v) is 5.51. The number of likely N-dealkylation sites (N-methyl/N-ethyl adjacent to an activating group) is 1. The zero-order chi connectivity index (χ0) is 16.2. The summed E-state index contributed by atoms with van der Waals surface area (Å²) in [5, 5.41) is 6.70. The molecule has 1 aliphatic heterocycles. The monoisotopic (exact) mass is 313 g/mol. The van der Waals surface area contributed by atoms with E-state index < -0.39 is 0 Å². The third-order valence-electron chi connectivity index (χ3n) is 4.11. The number of likely N-dealkylation sites (tertiary alicyclic amines) is 1. The first-order chi connectivity index (χ1) is 11.2. The first-order valence-corrected chi connectivity index (χ1v) is 7.68. The minimum Gasteiger partial charge on any atom is -0.357 e. The van der Waals surface area contributed by atoms with Crippen LogP contribution in [0.15, 0.2) is 36.9 Å². The van der Waals surface area contributed by atoms with Crippen LogP contribution in [0.2, 0.25) is 0 Å². The third-order valence-corrected chi connectivity index (χ3v) is 4.11. The van der Waals surface area contributed by atoms with Crippen molar-refractivity contribution in [1.82, 2.24) is 25.0 Å². The molecule has 0 spiro atoms. The lowest BCUT2D eigenvalue weighted by atomic mass is 10.00. The number of aromatic nitrogens is 3. The summed E-state index contributed by atoms with van der Waals surface area (Å²) in [6.45, 7) is 0.613. The van der Waals surface area contributed by atoms with Crippen LogP contribution >= 0.6 is 0 Å². The van der Waals surface area contributed by atoms with Gasteiger partial charge in [0, 0.05) is 19.2 Å². The molecule has 1 aromatic heterocycles. The fourth-order valence-corrected chi connectivity index (χ4v) is 2.88. The largest absolute Gasteiger partial charge is 0.357 e. The van der Waals surface area contributed by atoms with Gasteiger partial charge in [-0.3, -0.25) is 9.59 Å². The molecular weight excluding hydrogens is 294 g/mol. The molecule has 1 aromatic carbocycles. The van der Waals surface area contributed by atoms with Crippen molar-refractivity contribution in [2.24, 2.45) is 0 Å². The molecule has 23 heavy (non-hydrogen) atoms. The summed E-state index contributed by atoms with van der Waals surface area (Å²) >= 11 is 0. The predicted octanol–water partition coefficient (Wildman–Crippen LogP) is 1.01. The van der Waals surface area contributed by atoms with Crippen LogP contribution in [-0.4, -0.2) is 51.1 Å². The summed E-state index contributed by atoms with van der Waals surface area (Å²) in [5.41, 5.74) is 1.41. The molecule has 120 valence electrons. The second kappa shape index (κ2) is 6.60. The molecule has 0 aliphatic carbocycles. The Balaban J connectivity index is 1.80. The lowest BCUT2D eigenvalue weighted by Gasteiger charge is -2.34. The van der Waals surface area contributed by atoms with Gasteiger partial charge in [-0.05, 0) is 43.5 Å². The van der Waals surface area contributed by atoms with Gasteiger partial charge < -0.3 is 10.2 Å². The third kappa shape index (κ3) is 3.08. The lowest BCUT2D eigenvalue weighted by molar-refractivity contribution is -0.126. The highest BCUT2D eigenvalue weighted by Crippen LogP contribution is 2.20. The average molecular weight is 313 g/mol. The standard InChI is InChI=1S/C16H19N5O2/c1-17-15(22)14-4-2-3-9-20(14)16(23)12-5-7-13(8-6-12)21-11-18-10-19-21/h5-8,10-11,14H,2-4,9H2,1H3,(H,17,22)/t14-/m0/s1. The molecule has 2 aromatic rings. The lowest BCUT2D eigenvalue weighted by Crippen LogP contribution is -2.51. The number of nitrogens with one attached hydrogen (secondary N) is 1. The van der Waals surface area contributed by atoms with Crippen LogP contribution in [0.5, 0.6) is 0 Å². The number of nitrogens with zero attached hydrogens (tertiary/aromatic N) is 4. The smallest absolute Gasteiger partial charge is 0.254 e. The summed E-state index contributed by atoms with van der Waals surface area (Å²) in [7, 11) is 1.60. The predicted molar refractivity (Wildman–Crippen MR) is 84.1 cm³/mol. The van der Waals surface area contributed by atoms with Crippen LogP contribution in [-0.2, 0) is 4.79 Å². The van der Waals surface area contributed by atoms with Gasteiger partial charge in [0.1, 0.15) is 18.7 Å². The number of carbonyl (C=O) groups is 2. The van der Waals surface area contributed by atoms with Gasteiger partial charge in [0.25, 0.3) is 5.91 Å². The fraction of sp³-hybridized carbons (Fsp3) is 0.375. The van der Waals surface area contributed by atoms with E-state index >= 15 is 0 Å². The van der Waals surface area contributed by atoms with Crippen molar-refractivity contribution in [2.75, 3.05) is 13.6 Å². The highest BCUT2D eigenvalue weighted by Gasteiger charge is 2.31. The van der Waals surface area contributed by atoms with Crippen molar-refractivity contribution in [3.05, 3.63) is 42.5 Å². The summed E-state index contributed by atoms with van der Waals surface area (Å²) in [6, 6.07) is 6.78. The highest BCUT2D eigenvalue weighted by atomic mass is 16.2. The summed E-state index contributed by atoms with van der Waals surface area (Å²) in [4.78, 5) is 30.3. The van der Waals surface area contributed by atoms with Crippen LogP contribution in [0, 0.1) is 0 Å². The molecule has 1 saturated heterocycles. The van der Waals surface area contributed by atoms with Gasteiger partial charge in [-0.2, -0.15) is 5.10 Å². The minimum absolute atomic E-state index is 0.0997. The Bertz CT molecular complexity index is 681. The van der Waals surface area contributed by atoms with Crippen molar-refractivity contribution in [2.45, 2.75) is 25.3 Å². The van der Waals surface area contributed by atoms with Crippen molar-refractivity contribution in [1.29, 1.82) is 0 Å². The summed E-state index contributed by atoms with van der Waals surface area (Å²) in [6.07, 6.45) is 5.66. The molecule has 1 N–H and O–H groups in total. The molecular formula is C16H19N5O2. The van der Waals surface area contributed by atoms with Crippen molar-refractivity contribution >= 4 is 11.8 Å². The summed E-state index contributed by atoms with van der Waals surface area (Å²) in [5.74, 6) is -0.208. The normalized spacial score (nSPS) is 17.8. The van der Waals surface area contributed by atoms with E-state index in [4.69, 9.17) is 0 Å². The Morgan fingerprint density at radius 3 is 2.65 bits per heavy atom.